The zero-order valence-electron chi connectivity index (χ0n) is 13.8. The number of rotatable bonds is 5. The van der Waals surface area contributed by atoms with Crippen molar-refractivity contribution in [3.05, 3.63) is 52.4 Å². The highest BCUT2D eigenvalue weighted by Gasteiger charge is 2.42. The molecule has 0 aliphatic carbocycles. The number of alkyl halides is 4. The standard InChI is InChI=1S/C8H6ClF4NO.C8H9N3O/c9-5-2-1-3-14-6(5)15-4-8(12,13)7(10)11;9-8(12)7-6-4-10-3-5(6)1-2-11-7/h1-3,7H,4H2;1-2,10H,3-4H2,(H2,9,12). The van der Waals surface area contributed by atoms with Gasteiger partial charge >= 0.3 is 12.3 Å². The van der Waals surface area contributed by atoms with Crippen LogP contribution in [-0.4, -0.2) is 34.8 Å². The van der Waals surface area contributed by atoms with Crippen LogP contribution in [0.4, 0.5) is 17.6 Å². The number of halogens is 5. The Bertz CT molecular complexity index is 808. The zero-order chi connectivity index (χ0) is 20.0. The molecule has 3 N–H and O–H groups in total. The molecule has 1 amide bonds. The predicted molar refractivity (Wildman–Crippen MR) is 89.0 cm³/mol. The van der Waals surface area contributed by atoms with Crippen LogP contribution in [0.5, 0.6) is 5.88 Å². The maximum absolute atomic E-state index is 12.4. The third-order valence-electron chi connectivity index (χ3n) is 3.45. The molecule has 6 nitrogen and oxygen atoms in total. The van der Waals surface area contributed by atoms with Crippen molar-refractivity contribution in [1.82, 2.24) is 15.3 Å². The van der Waals surface area contributed by atoms with Crippen LogP contribution < -0.4 is 15.8 Å². The monoisotopic (exact) mass is 406 g/mol. The van der Waals surface area contributed by atoms with Crippen LogP contribution in [0, 0.1) is 0 Å². The van der Waals surface area contributed by atoms with Gasteiger partial charge in [0.1, 0.15) is 10.7 Å². The van der Waals surface area contributed by atoms with Crippen molar-refractivity contribution in [2.75, 3.05) is 6.61 Å². The number of primary amides is 1. The molecule has 0 bridgehead atoms. The van der Waals surface area contributed by atoms with E-state index >= 15 is 0 Å². The Kier molecular flexibility index (Phi) is 6.92. The molecule has 3 rings (SSSR count). The van der Waals surface area contributed by atoms with E-state index in [1.165, 1.54) is 18.3 Å². The third-order valence-corrected chi connectivity index (χ3v) is 3.74. The van der Waals surface area contributed by atoms with E-state index in [1.807, 2.05) is 6.07 Å². The Morgan fingerprint density at radius 3 is 2.67 bits per heavy atom. The van der Waals surface area contributed by atoms with Gasteiger partial charge in [-0.05, 0) is 23.8 Å². The summed E-state index contributed by atoms with van der Waals surface area (Å²) < 4.78 is 52.7. The largest absolute Gasteiger partial charge is 0.470 e. The molecule has 0 saturated carbocycles. The topological polar surface area (TPSA) is 90.1 Å². The van der Waals surface area contributed by atoms with Crippen LogP contribution in [0.15, 0.2) is 30.6 Å². The van der Waals surface area contributed by atoms with E-state index in [2.05, 4.69) is 20.0 Å². The number of ether oxygens (including phenoxy) is 1. The summed E-state index contributed by atoms with van der Waals surface area (Å²) in [5.74, 6) is -4.95. The summed E-state index contributed by atoms with van der Waals surface area (Å²) in [6.07, 6.45) is -0.909. The minimum atomic E-state index is -4.21. The van der Waals surface area contributed by atoms with Crippen LogP contribution in [0.2, 0.25) is 5.02 Å². The van der Waals surface area contributed by atoms with E-state index in [1.54, 1.807) is 6.20 Å². The molecule has 11 heteroatoms. The number of fused-ring (bicyclic) bond motifs is 1. The van der Waals surface area contributed by atoms with Crippen LogP contribution in [-0.2, 0) is 13.1 Å². The molecule has 1 aliphatic rings. The molecule has 0 saturated heterocycles. The maximum Gasteiger partial charge on any atom is 0.340 e. The minimum absolute atomic E-state index is 0.0115. The van der Waals surface area contributed by atoms with Gasteiger partial charge in [0.2, 0.25) is 5.88 Å². The fourth-order valence-corrected chi connectivity index (χ4v) is 2.31. The lowest BCUT2D eigenvalue weighted by atomic mass is 10.1. The lowest BCUT2D eigenvalue weighted by Crippen LogP contribution is -2.33. The number of hydrogen-bond acceptors (Lipinski definition) is 5. The number of pyridine rings is 2. The van der Waals surface area contributed by atoms with Crippen LogP contribution in [0.3, 0.4) is 0 Å². The lowest BCUT2D eigenvalue weighted by Gasteiger charge is -2.15. The first-order valence-corrected chi connectivity index (χ1v) is 7.96. The molecule has 0 radical (unpaired) electrons. The molecule has 0 aromatic carbocycles. The van der Waals surface area contributed by atoms with E-state index in [-0.39, 0.29) is 10.9 Å². The number of carbonyl (C=O) groups excluding carboxylic acids is 1. The van der Waals surface area contributed by atoms with E-state index in [0.717, 1.165) is 17.7 Å². The van der Waals surface area contributed by atoms with Crippen molar-refractivity contribution in [3.63, 3.8) is 0 Å². The van der Waals surface area contributed by atoms with Crippen molar-refractivity contribution in [2.24, 2.45) is 5.73 Å². The maximum atomic E-state index is 12.4. The number of amides is 1. The molecule has 2 aromatic heterocycles. The van der Waals surface area contributed by atoms with Gasteiger partial charge < -0.3 is 15.8 Å². The Morgan fingerprint density at radius 2 is 2.04 bits per heavy atom. The quantitative estimate of drug-likeness (QED) is 0.745. The molecule has 0 atom stereocenters. The fraction of sp³-hybridized carbons (Fsp3) is 0.312. The Hall–Kier alpha value is -2.46. The predicted octanol–water partition coefficient (Wildman–Crippen LogP) is 2.80. The van der Waals surface area contributed by atoms with Gasteiger partial charge in [0.25, 0.3) is 5.91 Å². The second-order valence-electron chi connectivity index (χ2n) is 5.41. The van der Waals surface area contributed by atoms with E-state index in [0.29, 0.717) is 12.2 Å². The molecule has 0 unspecified atom stereocenters. The fourth-order valence-electron chi connectivity index (χ4n) is 2.13. The average molecular weight is 407 g/mol. The summed E-state index contributed by atoms with van der Waals surface area (Å²) in [5, 5.41) is 3.12. The number of carbonyl (C=O) groups is 1. The number of hydrogen-bond donors (Lipinski definition) is 2. The highest BCUT2D eigenvalue weighted by molar-refractivity contribution is 6.31. The van der Waals surface area contributed by atoms with Gasteiger partial charge in [-0.15, -0.1) is 0 Å². The van der Waals surface area contributed by atoms with Gasteiger partial charge in [-0.1, -0.05) is 11.6 Å². The summed E-state index contributed by atoms with van der Waals surface area (Å²) in [6, 6.07) is 4.71. The van der Waals surface area contributed by atoms with Gasteiger partial charge in [0.15, 0.2) is 6.61 Å². The summed E-state index contributed by atoms with van der Waals surface area (Å²) in [4.78, 5) is 18.3. The molecule has 0 spiro atoms. The molecule has 2 aromatic rings. The van der Waals surface area contributed by atoms with Crippen LogP contribution >= 0.6 is 11.6 Å². The smallest absolute Gasteiger partial charge is 0.340 e. The van der Waals surface area contributed by atoms with Gasteiger partial charge in [0.05, 0.1) is 0 Å². The number of aromatic nitrogens is 2. The van der Waals surface area contributed by atoms with Gasteiger partial charge in [-0.25, -0.2) is 13.8 Å². The number of nitrogens with two attached hydrogens (primary N) is 1. The Balaban J connectivity index is 0.000000198. The third kappa shape index (κ3) is 5.51. The second kappa shape index (κ2) is 8.96. The van der Waals surface area contributed by atoms with Crippen molar-refractivity contribution in [3.8, 4) is 5.88 Å². The average Bonchev–Trinajstić information content (AvgIpc) is 3.10. The molecule has 3 heterocycles. The molecular formula is C16H15ClF4N4O2. The van der Waals surface area contributed by atoms with Crippen LogP contribution in [0.25, 0.3) is 0 Å². The molecule has 146 valence electrons. The van der Waals surface area contributed by atoms with E-state index < -0.39 is 24.9 Å². The van der Waals surface area contributed by atoms with Gasteiger partial charge in [0, 0.05) is 31.0 Å². The number of nitrogens with one attached hydrogen (secondary N) is 1. The Labute approximate surface area is 156 Å². The van der Waals surface area contributed by atoms with Crippen molar-refractivity contribution in [2.45, 2.75) is 25.4 Å². The van der Waals surface area contributed by atoms with Crippen molar-refractivity contribution >= 4 is 17.5 Å². The number of nitrogens with zero attached hydrogens (tertiary/aromatic N) is 2. The van der Waals surface area contributed by atoms with Crippen molar-refractivity contribution < 1.29 is 27.1 Å². The SMILES string of the molecule is FC(F)C(F)(F)COc1ncccc1Cl.NC(=O)c1nccc2c1CNC2. The minimum Gasteiger partial charge on any atom is -0.470 e. The highest BCUT2D eigenvalue weighted by Crippen LogP contribution is 2.26. The first kappa shape index (κ1) is 20.8. The highest BCUT2D eigenvalue weighted by atomic mass is 35.5. The van der Waals surface area contributed by atoms with E-state index in [4.69, 9.17) is 17.3 Å². The molecular weight excluding hydrogens is 392 g/mol. The first-order valence-electron chi connectivity index (χ1n) is 7.59. The lowest BCUT2D eigenvalue weighted by molar-refractivity contribution is -0.148. The van der Waals surface area contributed by atoms with Crippen LogP contribution in [0.1, 0.15) is 21.6 Å². The summed E-state index contributed by atoms with van der Waals surface area (Å²) in [5.41, 5.74) is 7.63. The second-order valence-corrected chi connectivity index (χ2v) is 5.81. The first-order chi connectivity index (χ1) is 12.7. The molecule has 27 heavy (non-hydrogen) atoms. The molecule has 0 fully saturated rings. The zero-order valence-corrected chi connectivity index (χ0v) is 14.5. The van der Waals surface area contributed by atoms with E-state index in [9.17, 15) is 22.4 Å². The summed E-state index contributed by atoms with van der Waals surface area (Å²) in [6.45, 7) is 0.0426. The van der Waals surface area contributed by atoms with Gasteiger partial charge in [-0.2, -0.15) is 8.78 Å². The van der Waals surface area contributed by atoms with Crippen molar-refractivity contribution in [1.29, 1.82) is 0 Å². The normalized spacial score (nSPS) is 13.0. The summed E-state index contributed by atoms with van der Waals surface area (Å²) in [7, 11) is 0. The summed E-state index contributed by atoms with van der Waals surface area (Å²) >= 11 is 5.51. The molecule has 1 aliphatic heterocycles. The Morgan fingerprint density at radius 1 is 1.30 bits per heavy atom. The van der Waals surface area contributed by atoms with Gasteiger partial charge in [-0.3, -0.25) is 9.78 Å².